The molecule has 0 saturated carbocycles. The van der Waals surface area contributed by atoms with Gasteiger partial charge in [-0.05, 0) is 30.2 Å². The molecule has 0 unspecified atom stereocenters. The molecule has 0 radical (unpaired) electrons. The SMILES string of the molecule is CCc1ccccc1NC(=O)c1cc(F)c(F)c(F)c1. The summed E-state index contributed by atoms with van der Waals surface area (Å²) < 4.78 is 39.0. The van der Waals surface area contributed by atoms with Crippen molar-refractivity contribution < 1.29 is 18.0 Å². The fourth-order valence-electron chi connectivity index (χ4n) is 1.83. The number of hydrogen-bond acceptors (Lipinski definition) is 1. The van der Waals surface area contributed by atoms with Crippen LogP contribution in [0.2, 0.25) is 0 Å². The molecule has 0 aromatic heterocycles. The first-order valence-corrected chi connectivity index (χ1v) is 6.06. The van der Waals surface area contributed by atoms with Gasteiger partial charge in [-0.15, -0.1) is 0 Å². The maximum atomic E-state index is 13.1. The summed E-state index contributed by atoms with van der Waals surface area (Å²) in [6.07, 6.45) is 0.697. The van der Waals surface area contributed by atoms with Crippen LogP contribution in [-0.2, 0) is 6.42 Å². The maximum Gasteiger partial charge on any atom is 0.255 e. The smallest absolute Gasteiger partial charge is 0.255 e. The number of aryl methyl sites for hydroxylation is 1. The normalized spacial score (nSPS) is 10.4. The summed E-state index contributed by atoms with van der Waals surface area (Å²) in [4.78, 5) is 11.9. The Morgan fingerprint density at radius 3 is 2.30 bits per heavy atom. The van der Waals surface area contributed by atoms with E-state index >= 15 is 0 Å². The molecular formula is C15H12F3NO. The molecule has 20 heavy (non-hydrogen) atoms. The molecule has 2 nitrogen and oxygen atoms in total. The number of carbonyl (C=O) groups excluding carboxylic acids is 1. The molecule has 104 valence electrons. The van der Waals surface area contributed by atoms with Crippen molar-refractivity contribution in [2.24, 2.45) is 0 Å². The standard InChI is InChI=1S/C15H12F3NO/c1-2-9-5-3-4-6-13(9)19-15(20)10-7-11(16)14(18)12(17)8-10/h3-8H,2H2,1H3,(H,19,20). The van der Waals surface area contributed by atoms with Crippen LogP contribution < -0.4 is 5.32 Å². The van der Waals surface area contributed by atoms with Gasteiger partial charge in [-0.2, -0.15) is 0 Å². The lowest BCUT2D eigenvalue weighted by atomic mass is 10.1. The van der Waals surface area contributed by atoms with Crippen molar-refractivity contribution in [2.75, 3.05) is 5.32 Å². The quantitative estimate of drug-likeness (QED) is 0.848. The molecule has 0 bridgehead atoms. The van der Waals surface area contributed by atoms with Gasteiger partial charge in [-0.3, -0.25) is 4.79 Å². The van der Waals surface area contributed by atoms with E-state index < -0.39 is 23.4 Å². The van der Waals surface area contributed by atoms with Gasteiger partial charge in [0, 0.05) is 11.3 Å². The van der Waals surface area contributed by atoms with Crippen LogP contribution in [0.5, 0.6) is 0 Å². The van der Waals surface area contributed by atoms with Gasteiger partial charge in [0.2, 0.25) is 0 Å². The number of rotatable bonds is 3. The van der Waals surface area contributed by atoms with Gasteiger partial charge in [0.1, 0.15) is 0 Å². The van der Waals surface area contributed by atoms with Crippen molar-refractivity contribution >= 4 is 11.6 Å². The van der Waals surface area contributed by atoms with Crippen molar-refractivity contribution in [3.63, 3.8) is 0 Å². The minimum Gasteiger partial charge on any atom is -0.322 e. The van der Waals surface area contributed by atoms with E-state index in [0.29, 0.717) is 24.2 Å². The Bertz CT molecular complexity index is 632. The van der Waals surface area contributed by atoms with Gasteiger partial charge in [-0.1, -0.05) is 25.1 Å². The number of halogens is 3. The number of amides is 1. The lowest BCUT2D eigenvalue weighted by Gasteiger charge is -2.10. The van der Waals surface area contributed by atoms with Gasteiger partial charge in [0.05, 0.1) is 0 Å². The minimum atomic E-state index is -1.59. The van der Waals surface area contributed by atoms with Gasteiger partial charge in [0.25, 0.3) is 5.91 Å². The molecule has 1 amide bonds. The molecular weight excluding hydrogens is 267 g/mol. The molecule has 0 atom stereocenters. The summed E-state index contributed by atoms with van der Waals surface area (Å²) in [6.45, 7) is 1.92. The summed E-state index contributed by atoms with van der Waals surface area (Å²) in [6, 6.07) is 8.42. The highest BCUT2D eigenvalue weighted by molar-refractivity contribution is 6.04. The van der Waals surface area contributed by atoms with E-state index in [4.69, 9.17) is 0 Å². The Morgan fingerprint density at radius 1 is 1.10 bits per heavy atom. The second-order valence-electron chi connectivity index (χ2n) is 4.22. The first kappa shape index (κ1) is 14.1. The highest BCUT2D eigenvalue weighted by atomic mass is 19.2. The lowest BCUT2D eigenvalue weighted by Crippen LogP contribution is -2.14. The Hall–Kier alpha value is -2.30. The fraction of sp³-hybridized carbons (Fsp3) is 0.133. The van der Waals surface area contributed by atoms with E-state index in [2.05, 4.69) is 5.32 Å². The third-order valence-corrected chi connectivity index (χ3v) is 2.89. The number of para-hydroxylation sites is 1. The van der Waals surface area contributed by atoms with E-state index in [0.717, 1.165) is 5.56 Å². The average molecular weight is 279 g/mol. The number of hydrogen-bond donors (Lipinski definition) is 1. The Morgan fingerprint density at radius 2 is 1.70 bits per heavy atom. The molecule has 2 aromatic rings. The second kappa shape index (κ2) is 5.77. The number of carbonyl (C=O) groups is 1. The molecule has 0 fully saturated rings. The third kappa shape index (κ3) is 2.82. The van der Waals surface area contributed by atoms with Crippen LogP contribution in [-0.4, -0.2) is 5.91 Å². The Balaban J connectivity index is 2.29. The molecule has 0 aliphatic rings. The van der Waals surface area contributed by atoms with Gasteiger partial charge in [0.15, 0.2) is 17.5 Å². The van der Waals surface area contributed by atoms with Crippen LogP contribution in [0.3, 0.4) is 0 Å². The van der Waals surface area contributed by atoms with E-state index in [-0.39, 0.29) is 5.56 Å². The summed E-state index contributed by atoms with van der Waals surface area (Å²) in [5.41, 5.74) is 1.18. The van der Waals surface area contributed by atoms with Crippen molar-refractivity contribution in [1.82, 2.24) is 0 Å². The summed E-state index contributed by atoms with van der Waals surface area (Å²) in [7, 11) is 0. The Kier molecular flexibility index (Phi) is 4.08. The highest BCUT2D eigenvalue weighted by Crippen LogP contribution is 2.18. The van der Waals surface area contributed by atoms with E-state index in [1.54, 1.807) is 12.1 Å². The summed E-state index contributed by atoms with van der Waals surface area (Å²) in [5, 5.41) is 2.56. The van der Waals surface area contributed by atoms with Crippen LogP contribution in [0.25, 0.3) is 0 Å². The number of nitrogens with one attached hydrogen (secondary N) is 1. The zero-order valence-electron chi connectivity index (χ0n) is 10.7. The monoisotopic (exact) mass is 279 g/mol. The largest absolute Gasteiger partial charge is 0.322 e. The maximum absolute atomic E-state index is 13.1. The zero-order valence-corrected chi connectivity index (χ0v) is 10.7. The number of benzene rings is 2. The molecule has 5 heteroatoms. The molecule has 0 aliphatic carbocycles. The van der Waals surface area contributed by atoms with Gasteiger partial charge >= 0.3 is 0 Å². The highest BCUT2D eigenvalue weighted by Gasteiger charge is 2.15. The fourth-order valence-corrected chi connectivity index (χ4v) is 1.83. The van der Waals surface area contributed by atoms with Gasteiger partial charge in [-0.25, -0.2) is 13.2 Å². The summed E-state index contributed by atoms with van der Waals surface area (Å²) >= 11 is 0. The van der Waals surface area contributed by atoms with Crippen LogP contribution in [0.4, 0.5) is 18.9 Å². The van der Waals surface area contributed by atoms with Crippen LogP contribution in [0.15, 0.2) is 36.4 Å². The predicted octanol–water partition coefficient (Wildman–Crippen LogP) is 3.92. The second-order valence-corrected chi connectivity index (χ2v) is 4.22. The van der Waals surface area contributed by atoms with Crippen molar-refractivity contribution in [3.05, 3.63) is 65.0 Å². The minimum absolute atomic E-state index is 0.271. The third-order valence-electron chi connectivity index (χ3n) is 2.89. The molecule has 2 aromatic carbocycles. The zero-order chi connectivity index (χ0) is 14.7. The lowest BCUT2D eigenvalue weighted by molar-refractivity contribution is 0.102. The average Bonchev–Trinajstić information content (AvgIpc) is 2.44. The van der Waals surface area contributed by atoms with E-state index in [1.165, 1.54) is 0 Å². The van der Waals surface area contributed by atoms with Crippen molar-refractivity contribution in [2.45, 2.75) is 13.3 Å². The predicted molar refractivity (Wildman–Crippen MR) is 70.1 cm³/mol. The van der Waals surface area contributed by atoms with E-state index in [9.17, 15) is 18.0 Å². The van der Waals surface area contributed by atoms with Crippen molar-refractivity contribution in [3.8, 4) is 0 Å². The topological polar surface area (TPSA) is 29.1 Å². The molecule has 0 spiro atoms. The van der Waals surface area contributed by atoms with Crippen LogP contribution in [0.1, 0.15) is 22.8 Å². The molecule has 0 aliphatic heterocycles. The first-order chi connectivity index (χ1) is 9.52. The molecule has 0 saturated heterocycles. The molecule has 0 heterocycles. The molecule has 1 N–H and O–H groups in total. The van der Waals surface area contributed by atoms with Crippen molar-refractivity contribution in [1.29, 1.82) is 0 Å². The molecule has 2 rings (SSSR count). The Labute approximate surface area is 114 Å². The number of anilines is 1. The van der Waals surface area contributed by atoms with Crippen LogP contribution in [0, 0.1) is 17.5 Å². The first-order valence-electron chi connectivity index (χ1n) is 6.06. The summed E-state index contributed by atoms with van der Waals surface area (Å²) in [5.74, 6) is -5.06. The van der Waals surface area contributed by atoms with Gasteiger partial charge < -0.3 is 5.32 Å². The van der Waals surface area contributed by atoms with Crippen LogP contribution >= 0.6 is 0 Å². The van der Waals surface area contributed by atoms with E-state index in [1.807, 2.05) is 19.1 Å².